The summed E-state index contributed by atoms with van der Waals surface area (Å²) in [6.45, 7) is 2.89. The maximum absolute atomic E-state index is 12.8. The van der Waals surface area contributed by atoms with Crippen LogP contribution in [-0.2, 0) is 16.6 Å². The Morgan fingerprint density at radius 3 is 2.68 bits per heavy atom. The lowest BCUT2D eigenvalue weighted by molar-refractivity contribution is 0.180. The van der Waals surface area contributed by atoms with Crippen molar-refractivity contribution in [3.05, 3.63) is 57.7 Å². The van der Waals surface area contributed by atoms with E-state index >= 15 is 0 Å². The van der Waals surface area contributed by atoms with Crippen molar-refractivity contribution in [2.45, 2.75) is 11.4 Å². The fourth-order valence-corrected chi connectivity index (χ4v) is 6.12. The van der Waals surface area contributed by atoms with E-state index in [2.05, 4.69) is 21.7 Å². The van der Waals surface area contributed by atoms with Crippen molar-refractivity contribution in [2.24, 2.45) is 0 Å². The molecule has 0 spiro atoms. The van der Waals surface area contributed by atoms with E-state index in [0.29, 0.717) is 31.7 Å². The molecule has 0 amide bonds. The minimum atomic E-state index is -3.57. The first-order valence-corrected chi connectivity index (χ1v) is 12.0. The Bertz CT molecular complexity index is 1090. The van der Waals surface area contributed by atoms with Gasteiger partial charge in [0, 0.05) is 49.0 Å². The van der Waals surface area contributed by atoms with Crippen LogP contribution in [0.15, 0.2) is 51.4 Å². The Hall–Kier alpha value is -2.09. The first-order valence-electron chi connectivity index (χ1n) is 8.76. The van der Waals surface area contributed by atoms with Crippen molar-refractivity contribution >= 4 is 32.7 Å². The molecule has 6 nitrogen and oxygen atoms in total. The number of benzene rings is 1. The normalized spacial score (nSPS) is 16.1. The van der Waals surface area contributed by atoms with Crippen LogP contribution in [0.3, 0.4) is 0 Å². The predicted octanol–water partition coefficient (Wildman–Crippen LogP) is 3.25. The molecule has 0 unspecified atom stereocenters. The maximum atomic E-state index is 12.8. The summed E-state index contributed by atoms with van der Waals surface area (Å²) in [5.74, 6) is 0. The minimum Gasteiger partial charge on any atom is -0.295 e. The molecule has 9 heteroatoms. The summed E-state index contributed by atoms with van der Waals surface area (Å²) in [4.78, 5) is 7.11. The molecule has 4 rings (SSSR count). The number of hydrogen-bond donors (Lipinski definition) is 0. The molecular weight excluding hydrogens is 412 g/mol. The van der Waals surface area contributed by atoms with E-state index in [9.17, 15) is 8.42 Å². The Kier molecular flexibility index (Phi) is 5.57. The summed E-state index contributed by atoms with van der Waals surface area (Å²) in [6, 6.07) is 10.3. The second-order valence-corrected chi connectivity index (χ2v) is 10.1. The molecule has 3 aromatic rings. The lowest BCUT2D eigenvalue weighted by Gasteiger charge is -2.33. The number of nitrogens with zero attached hydrogens (tertiary/aromatic N) is 4. The molecule has 0 radical (unpaired) electrons. The second kappa shape index (κ2) is 8.11. The number of thiophene rings is 1. The zero-order chi connectivity index (χ0) is 19.6. The van der Waals surface area contributed by atoms with Gasteiger partial charge in [-0.25, -0.2) is 13.4 Å². The molecular formula is C19H18N4O2S3. The molecule has 0 N–H and O–H groups in total. The van der Waals surface area contributed by atoms with E-state index in [1.54, 1.807) is 40.9 Å². The molecule has 2 aromatic heterocycles. The maximum Gasteiger partial charge on any atom is 0.243 e. The lowest BCUT2D eigenvalue weighted by atomic mass is 10.2. The van der Waals surface area contributed by atoms with E-state index in [1.807, 2.05) is 11.4 Å². The molecule has 1 saturated heterocycles. The summed E-state index contributed by atoms with van der Waals surface area (Å²) >= 11 is 3.30. The highest BCUT2D eigenvalue weighted by atomic mass is 32.2. The smallest absolute Gasteiger partial charge is 0.243 e. The molecule has 0 bridgehead atoms. The van der Waals surface area contributed by atoms with E-state index in [0.717, 1.165) is 22.8 Å². The van der Waals surface area contributed by atoms with Crippen LogP contribution in [0.2, 0.25) is 0 Å². The zero-order valence-electron chi connectivity index (χ0n) is 15.0. The van der Waals surface area contributed by atoms with Gasteiger partial charge in [0.1, 0.15) is 5.01 Å². The average Bonchev–Trinajstić information content (AvgIpc) is 3.40. The molecule has 1 aliphatic heterocycles. The quantitative estimate of drug-likeness (QED) is 0.621. The monoisotopic (exact) mass is 430 g/mol. The molecule has 28 heavy (non-hydrogen) atoms. The summed E-state index contributed by atoms with van der Waals surface area (Å²) in [5, 5.41) is 16.2. The standard InChI is InChI=1S/C19H18N4O2S3/c20-11-15-2-1-3-18(10-15)28(24,25)23-7-5-22(6-8-23)12-17-14-27-19(21-17)16-4-9-26-13-16/h1-4,9-10,13-14H,5-8,12H2. The molecule has 1 aromatic carbocycles. The number of piperazine rings is 1. The first kappa shape index (κ1) is 19.2. The van der Waals surface area contributed by atoms with Gasteiger partial charge in [0.2, 0.25) is 10.0 Å². The first-order chi connectivity index (χ1) is 13.6. The topological polar surface area (TPSA) is 77.3 Å². The Morgan fingerprint density at radius 1 is 1.14 bits per heavy atom. The number of sulfonamides is 1. The van der Waals surface area contributed by atoms with Gasteiger partial charge in [0.05, 0.1) is 22.2 Å². The van der Waals surface area contributed by atoms with Crippen LogP contribution in [-0.4, -0.2) is 48.8 Å². The van der Waals surface area contributed by atoms with Gasteiger partial charge in [0.15, 0.2) is 0 Å². The van der Waals surface area contributed by atoms with Gasteiger partial charge >= 0.3 is 0 Å². The van der Waals surface area contributed by atoms with Crippen LogP contribution < -0.4 is 0 Å². The Labute approximate surface area is 172 Å². The third-order valence-electron chi connectivity index (χ3n) is 4.64. The fourth-order valence-electron chi connectivity index (χ4n) is 3.13. The Morgan fingerprint density at radius 2 is 1.96 bits per heavy atom. The van der Waals surface area contributed by atoms with E-state index in [1.165, 1.54) is 10.4 Å². The molecule has 0 atom stereocenters. The molecule has 0 saturated carbocycles. The zero-order valence-corrected chi connectivity index (χ0v) is 17.4. The van der Waals surface area contributed by atoms with Gasteiger partial charge in [-0.1, -0.05) is 6.07 Å². The average molecular weight is 431 g/mol. The summed E-state index contributed by atoms with van der Waals surface area (Å²) in [5.41, 5.74) is 2.52. The minimum absolute atomic E-state index is 0.180. The molecule has 1 aliphatic rings. The SMILES string of the molecule is N#Cc1cccc(S(=O)(=O)N2CCN(Cc3csc(-c4ccsc4)n3)CC2)c1. The van der Waals surface area contributed by atoms with Crippen LogP contribution >= 0.6 is 22.7 Å². The highest BCUT2D eigenvalue weighted by Crippen LogP contribution is 2.26. The Balaban J connectivity index is 1.38. The van der Waals surface area contributed by atoms with Crippen molar-refractivity contribution in [3.8, 4) is 16.6 Å². The number of nitriles is 1. The molecule has 0 aliphatic carbocycles. The third kappa shape index (κ3) is 4.01. The number of rotatable bonds is 5. The number of hydrogen-bond acceptors (Lipinski definition) is 7. The lowest BCUT2D eigenvalue weighted by Crippen LogP contribution is -2.48. The van der Waals surface area contributed by atoms with Crippen molar-refractivity contribution in [1.82, 2.24) is 14.2 Å². The van der Waals surface area contributed by atoms with Crippen molar-refractivity contribution in [3.63, 3.8) is 0 Å². The largest absolute Gasteiger partial charge is 0.295 e. The van der Waals surface area contributed by atoms with Crippen molar-refractivity contribution < 1.29 is 8.42 Å². The fraction of sp³-hybridized carbons (Fsp3) is 0.263. The van der Waals surface area contributed by atoms with Crippen molar-refractivity contribution in [1.29, 1.82) is 5.26 Å². The molecule has 3 heterocycles. The van der Waals surface area contributed by atoms with Gasteiger partial charge in [0.25, 0.3) is 0 Å². The van der Waals surface area contributed by atoms with E-state index < -0.39 is 10.0 Å². The van der Waals surface area contributed by atoms with Crippen LogP contribution in [0.5, 0.6) is 0 Å². The van der Waals surface area contributed by atoms with E-state index in [4.69, 9.17) is 10.2 Å². The number of aromatic nitrogens is 1. The summed E-state index contributed by atoms with van der Waals surface area (Å²) < 4.78 is 27.2. The van der Waals surface area contributed by atoms with Crippen LogP contribution in [0.4, 0.5) is 0 Å². The third-order valence-corrected chi connectivity index (χ3v) is 8.16. The van der Waals surface area contributed by atoms with Crippen LogP contribution in [0, 0.1) is 11.3 Å². The molecule has 144 valence electrons. The van der Waals surface area contributed by atoms with Gasteiger partial charge < -0.3 is 0 Å². The van der Waals surface area contributed by atoms with Gasteiger partial charge in [-0.05, 0) is 29.6 Å². The summed E-state index contributed by atoms with van der Waals surface area (Å²) in [7, 11) is -3.57. The van der Waals surface area contributed by atoms with Gasteiger partial charge in [-0.15, -0.1) is 11.3 Å². The van der Waals surface area contributed by atoms with E-state index in [-0.39, 0.29) is 4.90 Å². The summed E-state index contributed by atoms with van der Waals surface area (Å²) in [6.07, 6.45) is 0. The highest BCUT2D eigenvalue weighted by molar-refractivity contribution is 7.89. The van der Waals surface area contributed by atoms with Gasteiger partial charge in [-0.2, -0.15) is 20.9 Å². The van der Waals surface area contributed by atoms with Gasteiger partial charge in [-0.3, -0.25) is 4.90 Å². The van der Waals surface area contributed by atoms with Crippen LogP contribution in [0.1, 0.15) is 11.3 Å². The number of thiazole rings is 1. The second-order valence-electron chi connectivity index (χ2n) is 6.48. The highest BCUT2D eigenvalue weighted by Gasteiger charge is 2.28. The molecule has 1 fully saturated rings. The van der Waals surface area contributed by atoms with Crippen LogP contribution in [0.25, 0.3) is 10.6 Å². The van der Waals surface area contributed by atoms with Crippen molar-refractivity contribution in [2.75, 3.05) is 26.2 Å². The predicted molar refractivity (Wildman–Crippen MR) is 111 cm³/mol.